The lowest BCUT2D eigenvalue weighted by atomic mass is 9.80. The highest BCUT2D eigenvalue weighted by molar-refractivity contribution is 6.29. The van der Waals surface area contributed by atoms with Crippen molar-refractivity contribution < 1.29 is 22.8 Å². The second-order valence-electron chi connectivity index (χ2n) is 9.57. The van der Waals surface area contributed by atoms with Crippen LogP contribution in [0.2, 0.25) is 5.15 Å². The standard InChI is InChI=1S/C25H21ClF3N7O2/c26-18-2-1-3-19(33-18)34-24(38)17-8-12-4-6-15(12)36(17)20(37)10-35-16-7-5-13(25(27,28)29)9-14(16)21-22(30)31-11-32-23(21)35/h1-3,5,7,9,11-12,15,17H,4,6,8,10H2,(H2,30,31,32)(H,33,34,38)/t12-,15-,17+/m1/s1. The molecule has 38 heavy (non-hydrogen) atoms. The molecule has 2 fully saturated rings. The van der Waals surface area contributed by atoms with E-state index in [1.807, 2.05) is 0 Å². The van der Waals surface area contributed by atoms with E-state index in [1.165, 1.54) is 17.0 Å². The predicted octanol–water partition coefficient (Wildman–Crippen LogP) is 4.25. The molecule has 4 heterocycles. The van der Waals surface area contributed by atoms with Crippen LogP contribution in [0.4, 0.5) is 24.8 Å². The van der Waals surface area contributed by atoms with E-state index in [0.717, 1.165) is 25.0 Å². The number of nitrogens with two attached hydrogens (primary N) is 1. The summed E-state index contributed by atoms with van der Waals surface area (Å²) in [7, 11) is 0. The third kappa shape index (κ3) is 3.99. The van der Waals surface area contributed by atoms with Gasteiger partial charge in [0, 0.05) is 11.4 Å². The minimum atomic E-state index is -4.56. The fourth-order valence-electron chi connectivity index (χ4n) is 5.60. The molecular weight excluding hydrogens is 523 g/mol. The van der Waals surface area contributed by atoms with Gasteiger partial charge in [-0.25, -0.2) is 15.0 Å². The van der Waals surface area contributed by atoms with Crippen molar-refractivity contribution in [2.24, 2.45) is 5.92 Å². The third-order valence-corrected chi connectivity index (χ3v) is 7.65. The molecule has 0 spiro atoms. The van der Waals surface area contributed by atoms with Crippen LogP contribution in [0.15, 0.2) is 42.7 Å². The highest BCUT2D eigenvalue weighted by Gasteiger charge is 2.51. The van der Waals surface area contributed by atoms with E-state index in [2.05, 4.69) is 20.3 Å². The van der Waals surface area contributed by atoms with Gasteiger partial charge in [0.25, 0.3) is 0 Å². The number of carbonyl (C=O) groups is 2. The number of anilines is 2. The first-order valence-corrected chi connectivity index (χ1v) is 12.3. The van der Waals surface area contributed by atoms with Crippen molar-refractivity contribution in [1.29, 1.82) is 0 Å². The van der Waals surface area contributed by atoms with Crippen LogP contribution in [0, 0.1) is 5.92 Å². The molecule has 1 aliphatic carbocycles. The number of carbonyl (C=O) groups excluding carboxylic acids is 2. The van der Waals surface area contributed by atoms with E-state index in [-0.39, 0.29) is 63.5 Å². The number of benzene rings is 1. The Hall–Kier alpha value is -3.93. The number of nitrogens with one attached hydrogen (secondary N) is 1. The Labute approximate surface area is 218 Å². The van der Waals surface area contributed by atoms with Crippen LogP contribution >= 0.6 is 11.6 Å². The molecule has 4 aromatic rings. The SMILES string of the molecule is Nc1ncnc2c1c1cc(C(F)(F)F)ccc1n2CC(=O)N1[C@@H]2CC[C@@H]2C[C@H]1C(=O)Nc1cccc(Cl)n1. The summed E-state index contributed by atoms with van der Waals surface area (Å²) in [5, 5.41) is 3.41. The van der Waals surface area contributed by atoms with Gasteiger partial charge < -0.3 is 20.5 Å². The third-order valence-electron chi connectivity index (χ3n) is 7.44. The lowest BCUT2D eigenvalue weighted by Crippen LogP contribution is -2.50. The smallest absolute Gasteiger partial charge is 0.383 e. The molecule has 196 valence electrons. The van der Waals surface area contributed by atoms with Gasteiger partial charge in [-0.1, -0.05) is 17.7 Å². The number of amides is 2. The summed E-state index contributed by atoms with van der Waals surface area (Å²) in [6, 6.07) is 7.30. The number of nitrogen functional groups attached to an aromatic ring is 1. The van der Waals surface area contributed by atoms with Crippen molar-refractivity contribution in [2.45, 2.75) is 44.1 Å². The topological polar surface area (TPSA) is 119 Å². The van der Waals surface area contributed by atoms with E-state index in [0.29, 0.717) is 11.9 Å². The number of fused-ring (bicyclic) bond motifs is 4. The van der Waals surface area contributed by atoms with Crippen molar-refractivity contribution in [3.8, 4) is 0 Å². The Morgan fingerprint density at radius 1 is 1.16 bits per heavy atom. The van der Waals surface area contributed by atoms with Gasteiger partial charge >= 0.3 is 6.18 Å². The number of hydrogen-bond donors (Lipinski definition) is 2. The molecule has 6 rings (SSSR count). The molecule has 2 amide bonds. The molecule has 3 N–H and O–H groups in total. The van der Waals surface area contributed by atoms with E-state index in [9.17, 15) is 22.8 Å². The first kappa shape index (κ1) is 24.4. The molecule has 3 aromatic heterocycles. The second-order valence-corrected chi connectivity index (χ2v) is 9.95. The molecule has 3 atom stereocenters. The molecule has 0 unspecified atom stereocenters. The Morgan fingerprint density at radius 3 is 2.68 bits per heavy atom. The normalized spacial score (nSPS) is 20.9. The van der Waals surface area contributed by atoms with Gasteiger partial charge in [-0.05, 0) is 55.5 Å². The monoisotopic (exact) mass is 543 g/mol. The van der Waals surface area contributed by atoms with Crippen LogP contribution in [-0.2, 0) is 22.3 Å². The molecule has 1 saturated carbocycles. The Balaban J connectivity index is 1.36. The molecule has 1 aromatic carbocycles. The summed E-state index contributed by atoms with van der Waals surface area (Å²) < 4.78 is 41.9. The number of hydrogen-bond acceptors (Lipinski definition) is 6. The minimum Gasteiger partial charge on any atom is -0.383 e. The Morgan fingerprint density at radius 2 is 1.97 bits per heavy atom. The van der Waals surface area contributed by atoms with Gasteiger partial charge in [0.2, 0.25) is 11.8 Å². The summed E-state index contributed by atoms with van der Waals surface area (Å²) in [5.74, 6) is -0.216. The number of alkyl halides is 3. The number of halogens is 4. The molecule has 0 radical (unpaired) electrons. The van der Waals surface area contributed by atoms with E-state index in [4.69, 9.17) is 17.3 Å². The minimum absolute atomic E-state index is 0.0111. The number of likely N-dealkylation sites (tertiary alicyclic amines) is 1. The van der Waals surface area contributed by atoms with Gasteiger partial charge in [0.1, 0.15) is 41.3 Å². The maximum absolute atomic E-state index is 13.8. The van der Waals surface area contributed by atoms with Crippen molar-refractivity contribution in [3.63, 3.8) is 0 Å². The van der Waals surface area contributed by atoms with Gasteiger partial charge in [0.15, 0.2) is 0 Å². The Bertz CT molecular complexity index is 1610. The maximum atomic E-state index is 13.8. The van der Waals surface area contributed by atoms with Crippen molar-refractivity contribution in [1.82, 2.24) is 24.4 Å². The number of rotatable bonds is 4. The first-order chi connectivity index (χ1) is 18.1. The second kappa shape index (κ2) is 8.83. The van der Waals surface area contributed by atoms with Crippen LogP contribution < -0.4 is 11.1 Å². The lowest BCUT2D eigenvalue weighted by Gasteiger charge is -2.37. The van der Waals surface area contributed by atoms with E-state index >= 15 is 0 Å². The molecule has 0 bridgehead atoms. The lowest BCUT2D eigenvalue weighted by molar-refractivity contribution is -0.140. The number of aromatic nitrogens is 4. The summed E-state index contributed by atoms with van der Waals surface area (Å²) in [6.07, 6.45) is -1.16. The van der Waals surface area contributed by atoms with Gasteiger partial charge in [-0.15, -0.1) is 0 Å². The van der Waals surface area contributed by atoms with Crippen molar-refractivity contribution in [3.05, 3.63) is 53.4 Å². The van der Waals surface area contributed by atoms with Crippen molar-refractivity contribution >= 4 is 57.0 Å². The van der Waals surface area contributed by atoms with Crippen LogP contribution in [-0.4, -0.2) is 48.3 Å². The maximum Gasteiger partial charge on any atom is 0.416 e. The van der Waals surface area contributed by atoms with Crippen molar-refractivity contribution in [2.75, 3.05) is 11.1 Å². The van der Waals surface area contributed by atoms with Crippen LogP contribution in [0.1, 0.15) is 24.8 Å². The summed E-state index contributed by atoms with van der Waals surface area (Å²) in [5.41, 5.74) is 5.80. The van der Waals surface area contributed by atoms with Gasteiger partial charge in [-0.3, -0.25) is 9.59 Å². The van der Waals surface area contributed by atoms with E-state index < -0.39 is 17.8 Å². The van der Waals surface area contributed by atoms with Gasteiger partial charge in [0.05, 0.1) is 16.5 Å². The fourth-order valence-corrected chi connectivity index (χ4v) is 5.76. The highest BCUT2D eigenvalue weighted by Crippen LogP contribution is 2.44. The quantitative estimate of drug-likeness (QED) is 0.371. The summed E-state index contributed by atoms with van der Waals surface area (Å²) in [6.45, 7) is -0.232. The average Bonchev–Trinajstić information content (AvgIpc) is 3.30. The molecule has 1 saturated heterocycles. The van der Waals surface area contributed by atoms with Crippen LogP contribution in [0.3, 0.4) is 0 Å². The molecule has 1 aliphatic heterocycles. The van der Waals surface area contributed by atoms with E-state index in [1.54, 1.807) is 23.1 Å². The average molecular weight is 544 g/mol. The van der Waals surface area contributed by atoms with Gasteiger partial charge in [-0.2, -0.15) is 13.2 Å². The zero-order chi connectivity index (χ0) is 26.8. The summed E-state index contributed by atoms with van der Waals surface area (Å²) >= 11 is 5.93. The number of pyridine rings is 1. The zero-order valence-corrected chi connectivity index (χ0v) is 20.5. The Kier molecular flexibility index (Phi) is 5.67. The number of nitrogens with zero attached hydrogens (tertiary/aromatic N) is 5. The van der Waals surface area contributed by atoms with Crippen LogP contribution in [0.25, 0.3) is 21.9 Å². The predicted molar refractivity (Wildman–Crippen MR) is 134 cm³/mol. The fraction of sp³-hybridized carbons (Fsp3) is 0.320. The molecular formula is C25H21ClF3N7O2. The molecule has 2 aliphatic rings. The van der Waals surface area contributed by atoms with Crippen LogP contribution in [0.5, 0.6) is 0 Å². The zero-order valence-electron chi connectivity index (χ0n) is 19.7. The summed E-state index contributed by atoms with van der Waals surface area (Å²) in [4.78, 5) is 40.8. The highest BCUT2D eigenvalue weighted by atomic mass is 35.5. The largest absolute Gasteiger partial charge is 0.416 e. The molecule has 13 heteroatoms. The first-order valence-electron chi connectivity index (χ1n) is 12.0. The molecule has 9 nitrogen and oxygen atoms in total.